The minimum Gasteiger partial charge on any atom is -0.466 e. The molecule has 0 saturated carbocycles. The lowest BCUT2D eigenvalue weighted by Crippen LogP contribution is -2.34. The number of furan rings is 1. The van der Waals surface area contributed by atoms with Crippen molar-refractivity contribution in [3.63, 3.8) is 0 Å². The molecule has 1 heterocycles. The van der Waals surface area contributed by atoms with Crippen molar-refractivity contribution >= 4 is 5.91 Å². The van der Waals surface area contributed by atoms with Crippen LogP contribution < -0.4 is 0 Å². The number of carbonyl (C=O) groups is 1. The predicted molar refractivity (Wildman–Crippen MR) is 70.7 cm³/mol. The third-order valence-corrected chi connectivity index (χ3v) is 2.96. The van der Waals surface area contributed by atoms with Gasteiger partial charge in [-0.15, -0.1) is 0 Å². The molecule has 0 radical (unpaired) electrons. The molecule has 0 spiro atoms. The summed E-state index contributed by atoms with van der Waals surface area (Å²) < 4.78 is 5.38. The van der Waals surface area contributed by atoms with Crippen molar-refractivity contribution < 1.29 is 14.3 Å². The zero-order valence-corrected chi connectivity index (χ0v) is 11.5. The minimum atomic E-state index is -0.0468. The first-order valence-electron chi connectivity index (χ1n) is 6.57. The number of aryl methyl sites for hydroxylation is 2. The van der Waals surface area contributed by atoms with Crippen LogP contribution in [0.1, 0.15) is 48.1 Å². The highest BCUT2D eigenvalue weighted by Gasteiger charge is 2.19. The number of hydrogen-bond donors (Lipinski definition) is 1. The average molecular weight is 253 g/mol. The molecule has 1 aromatic heterocycles. The summed E-state index contributed by atoms with van der Waals surface area (Å²) in [6.07, 6.45) is 3.18. The molecule has 18 heavy (non-hydrogen) atoms. The average Bonchev–Trinajstić information content (AvgIpc) is 2.67. The molecule has 0 fully saturated rings. The minimum absolute atomic E-state index is 0.00620. The molecule has 0 bridgehead atoms. The summed E-state index contributed by atoms with van der Waals surface area (Å²) >= 11 is 0. The second-order valence-electron chi connectivity index (χ2n) is 4.55. The molecule has 1 rings (SSSR count). The molecule has 102 valence electrons. The van der Waals surface area contributed by atoms with Crippen molar-refractivity contribution in [1.82, 2.24) is 4.90 Å². The van der Waals surface area contributed by atoms with Crippen LogP contribution in [0.3, 0.4) is 0 Å². The normalized spacial score (nSPS) is 10.7. The Balaban J connectivity index is 2.72. The van der Waals surface area contributed by atoms with Crippen molar-refractivity contribution in [2.24, 2.45) is 0 Å². The van der Waals surface area contributed by atoms with Crippen molar-refractivity contribution in [3.05, 3.63) is 23.2 Å². The van der Waals surface area contributed by atoms with Gasteiger partial charge in [0.05, 0.1) is 12.2 Å². The molecule has 0 aliphatic carbocycles. The maximum Gasteiger partial charge on any atom is 0.257 e. The van der Waals surface area contributed by atoms with E-state index < -0.39 is 0 Å². The van der Waals surface area contributed by atoms with Crippen LogP contribution in [0.5, 0.6) is 0 Å². The molecule has 1 aromatic rings. The van der Waals surface area contributed by atoms with Crippen molar-refractivity contribution in [1.29, 1.82) is 0 Å². The molecule has 1 amide bonds. The van der Waals surface area contributed by atoms with Gasteiger partial charge in [-0.1, -0.05) is 19.8 Å². The van der Waals surface area contributed by atoms with Gasteiger partial charge in [-0.25, -0.2) is 0 Å². The van der Waals surface area contributed by atoms with Gasteiger partial charge in [0.25, 0.3) is 5.91 Å². The topological polar surface area (TPSA) is 53.7 Å². The monoisotopic (exact) mass is 253 g/mol. The smallest absolute Gasteiger partial charge is 0.257 e. The van der Waals surface area contributed by atoms with Gasteiger partial charge < -0.3 is 14.4 Å². The van der Waals surface area contributed by atoms with Crippen LogP contribution in [-0.4, -0.2) is 35.6 Å². The Labute approximate surface area is 109 Å². The van der Waals surface area contributed by atoms with E-state index in [-0.39, 0.29) is 12.5 Å². The Morgan fingerprint density at radius 1 is 1.33 bits per heavy atom. The summed E-state index contributed by atoms with van der Waals surface area (Å²) in [4.78, 5) is 14.0. The molecule has 1 N–H and O–H groups in total. The van der Waals surface area contributed by atoms with E-state index in [0.29, 0.717) is 24.4 Å². The predicted octanol–water partition coefficient (Wildman–Crippen LogP) is 2.52. The zero-order chi connectivity index (χ0) is 13.5. The molecule has 0 aliphatic rings. The van der Waals surface area contributed by atoms with Gasteiger partial charge in [-0.05, 0) is 26.3 Å². The van der Waals surface area contributed by atoms with E-state index in [1.54, 1.807) is 17.9 Å². The van der Waals surface area contributed by atoms with Gasteiger partial charge in [0, 0.05) is 13.1 Å². The summed E-state index contributed by atoms with van der Waals surface area (Å²) in [7, 11) is 0. The number of carbonyl (C=O) groups excluding carboxylic acids is 1. The van der Waals surface area contributed by atoms with E-state index in [1.165, 1.54) is 0 Å². The van der Waals surface area contributed by atoms with Crippen molar-refractivity contribution in [3.8, 4) is 0 Å². The first kappa shape index (κ1) is 14.8. The van der Waals surface area contributed by atoms with E-state index >= 15 is 0 Å². The van der Waals surface area contributed by atoms with Gasteiger partial charge in [0.15, 0.2) is 0 Å². The number of aliphatic hydroxyl groups is 1. The molecule has 0 aromatic carbocycles. The number of amides is 1. The molecule has 0 atom stereocenters. The Kier molecular flexibility index (Phi) is 5.92. The molecular weight excluding hydrogens is 230 g/mol. The van der Waals surface area contributed by atoms with E-state index in [9.17, 15) is 4.79 Å². The van der Waals surface area contributed by atoms with E-state index in [1.807, 2.05) is 6.92 Å². The van der Waals surface area contributed by atoms with Crippen LogP contribution >= 0.6 is 0 Å². The Morgan fingerprint density at radius 3 is 2.56 bits per heavy atom. The van der Waals surface area contributed by atoms with Crippen LogP contribution in [0.15, 0.2) is 10.5 Å². The van der Waals surface area contributed by atoms with Gasteiger partial charge in [-0.3, -0.25) is 4.79 Å². The van der Waals surface area contributed by atoms with Gasteiger partial charge in [0.2, 0.25) is 0 Å². The van der Waals surface area contributed by atoms with Gasteiger partial charge in [0.1, 0.15) is 11.5 Å². The highest BCUT2D eigenvalue weighted by Crippen LogP contribution is 2.16. The van der Waals surface area contributed by atoms with Crippen molar-refractivity contribution in [2.45, 2.75) is 40.0 Å². The quantitative estimate of drug-likeness (QED) is 0.760. The summed E-state index contributed by atoms with van der Waals surface area (Å²) in [6.45, 7) is 6.82. The fraction of sp³-hybridized carbons (Fsp3) is 0.643. The van der Waals surface area contributed by atoms with Crippen LogP contribution in [0, 0.1) is 13.8 Å². The number of hydrogen-bond acceptors (Lipinski definition) is 3. The van der Waals surface area contributed by atoms with Crippen LogP contribution in [-0.2, 0) is 0 Å². The van der Waals surface area contributed by atoms with Gasteiger partial charge in [-0.2, -0.15) is 0 Å². The number of aliphatic hydroxyl groups excluding tert-OH is 1. The van der Waals surface area contributed by atoms with E-state index in [4.69, 9.17) is 9.52 Å². The fourth-order valence-electron chi connectivity index (χ4n) is 2.00. The third kappa shape index (κ3) is 3.88. The summed E-state index contributed by atoms with van der Waals surface area (Å²) in [5, 5.41) is 9.05. The first-order chi connectivity index (χ1) is 8.60. The molecule has 4 nitrogen and oxygen atoms in total. The maximum absolute atomic E-state index is 12.3. The molecular formula is C14H23NO3. The number of rotatable bonds is 7. The van der Waals surface area contributed by atoms with E-state index in [2.05, 4.69) is 6.92 Å². The molecule has 0 unspecified atom stereocenters. The van der Waals surface area contributed by atoms with Gasteiger partial charge >= 0.3 is 0 Å². The summed E-state index contributed by atoms with van der Waals surface area (Å²) in [6, 6.07) is 1.77. The standard InChI is InChI=1S/C14H23NO3/c1-4-5-6-7-15(8-9-16)14(17)13-10-11(2)18-12(13)3/h10,16H,4-9H2,1-3H3. The fourth-order valence-corrected chi connectivity index (χ4v) is 2.00. The highest BCUT2D eigenvalue weighted by molar-refractivity contribution is 5.95. The summed E-state index contributed by atoms with van der Waals surface area (Å²) in [5.74, 6) is 1.35. The maximum atomic E-state index is 12.3. The Hall–Kier alpha value is -1.29. The molecule has 4 heteroatoms. The molecule has 0 aliphatic heterocycles. The van der Waals surface area contributed by atoms with Crippen LogP contribution in [0.2, 0.25) is 0 Å². The third-order valence-electron chi connectivity index (χ3n) is 2.96. The van der Waals surface area contributed by atoms with E-state index in [0.717, 1.165) is 25.0 Å². The first-order valence-corrected chi connectivity index (χ1v) is 6.57. The zero-order valence-electron chi connectivity index (χ0n) is 11.5. The lowest BCUT2D eigenvalue weighted by molar-refractivity contribution is 0.0717. The largest absolute Gasteiger partial charge is 0.466 e. The lowest BCUT2D eigenvalue weighted by atomic mass is 10.2. The highest BCUT2D eigenvalue weighted by atomic mass is 16.3. The summed E-state index contributed by atoms with van der Waals surface area (Å²) in [5.41, 5.74) is 0.609. The Bertz CT molecular complexity index is 384. The number of unbranched alkanes of at least 4 members (excludes halogenated alkanes) is 2. The van der Waals surface area contributed by atoms with Crippen LogP contribution in [0.25, 0.3) is 0 Å². The second-order valence-corrected chi connectivity index (χ2v) is 4.55. The lowest BCUT2D eigenvalue weighted by Gasteiger charge is -2.21. The Morgan fingerprint density at radius 2 is 2.06 bits per heavy atom. The SMILES string of the molecule is CCCCCN(CCO)C(=O)c1cc(C)oc1C. The number of nitrogens with zero attached hydrogens (tertiary/aromatic N) is 1. The second kappa shape index (κ2) is 7.21. The molecule has 0 saturated heterocycles. The van der Waals surface area contributed by atoms with Crippen LogP contribution in [0.4, 0.5) is 0 Å². The van der Waals surface area contributed by atoms with Crippen molar-refractivity contribution in [2.75, 3.05) is 19.7 Å².